The Balaban J connectivity index is 1.56. The Morgan fingerprint density at radius 3 is 1.60 bits per heavy atom. The van der Waals surface area contributed by atoms with E-state index >= 15 is 0 Å². The van der Waals surface area contributed by atoms with Crippen molar-refractivity contribution >= 4 is 61.3 Å². The van der Waals surface area contributed by atoms with Crippen LogP contribution in [0.15, 0.2) is 68.6 Å². The van der Waals surface area contributed by atoms with E-state index in [9.17, 15) is 24.0 Å². The highest BCUT2D eigenvalue weighted by Crippen LogP contribution is 2.31. The molecule has 47 heavy (non-hydrogen) atoms. The topological polar surface area (TPSA) is 113 Å². The van der Waals surface area contributed by atoms with E-state index in [1.807, 2.05) is 0 Å². The van der Waals surface area contributed by atoms with Crippen LogP contribution in [0.1, 0.15) is 118 Å². The lowest BCUT2D eigenvalue weighted by atomic mass is 9.96. The molecule has 2 aromatic carbocycles. The number of carbonyl (C=O) groups is 5. The number of esters is 3. The van der Waals surface area contributed by atoms with Crippen LogP contribution < -0.4 is 0 Å². The van der Waals surface area contributed by atoms with E-state index in [0.29, 0.717) is 29.5 Å². The molecule has 254 valence electrons. The van der Waals surface area contributed by atoms with Gasteiger partial charge in [0.25, 0.3) is 0 Å². The van der Waals surface area contributed by atoms with Gasteiger partial charge in [-0.05, 0) is 42.7 Å². The number of benzene rings is 2. The number of hydrogen-bond acceptors (Lipinski definition) is 8. The number of rotatable bonds is 22. The van der Waals surface area contributed by atoms with Gasteiger partial charge in [0, 0.05) is 20.1 Å². The van der Waals surface area contributed by atoms with Crippen molar-refractivity contribution in [1.82, 2.24) is 0 Å². The summed E-state index contributed by atoms with van der Waals surface area (Å²) < 4.78 is 17.5. The summed E-state index contributed by atoms with van der Waals surface area (Å²) in [6, 6.07) is 13.3. The number of ether oxygens (including phenoxy) is 3. The largest absolute Gasteiger partial charge is 0.457 e. The minimum atomic E-state index is -1.02. The first-order valence-corrected chi connectivity index (χ1v) is 18.1. The molecule has 0 aliphatic carbocycles. The molecule has 0 radical (unpaired) electrons. The normalized spacial score (nSPS) is 14.2. The van der Waals surface area contributed by atoms with Crippen LogP contribution in [0.5, 0.6) is 0 Å². The zero-order valence-corrected chi connectivity index (χ0v) is 30.2. The number of halogens is 2. The summed E-state index contributed by atoms with van der Waals surface area (Å²) in [5.74, 6) is -3.39. The molecule has 0 fully saturated rings. The van der Waals surface area contributed by atoms with E-state index in [-0.39, 0.29) is 17.8 Å². The van der Waals surface area contributed by atoms with Crippen molar-refractivity contribution in [3.63, 3.8) is 0 Å². The average molecular weight is 777 g/mol. The number of cyclic esters (lactones) is 1. The van der Waals surface area contributed by atoms with Crippen molar-refractivity contribution < 1.29 is 38.2 Å². The maximum absolute atomic E-state index is 13.1. The van der Waals surface area contributed by atoms with Gasteiger partial charge in [-0.3, -0.25) is 14.4 Å². The standard InChI is InChI=1S/C37H44Br2O8/c1-2-3-4-5-6-7-8-9-10-11-12-13-14-30-33(23-34(42)45-24-31(40)26-15-19-28(38)20-16-26)47-37(44)35(30)36(43)46-25-32(41)27-17-21-29(39)22-18-27/h15-22,33H,2-14,23-25H2,1H3/t33-/m1/s1. The summed E-state index contributed by atoms with van der Waals surface area (Å²) in [4.78, 5) is 63.7. The average Bonchev–Trinajstić information content (AvgIpc) is 3.37. The SMILES string of the molecule is CCCCCCCCCCCCCCC1=C(C(=O)OCC(=O)c2ccc(Br)cc2)C(=O)O[C@@H]1CC(=O)OCC(=O)c1ccc(Br)cc1. The van der Waals surface area contributed by atoms with Crippen molar-refractivity contribution in [2.24, 2.45) is 0 Å². The van der Waals surface area contributed by atoms with Crippen molar-refractivity contribution in [1.29, 1.82) is 0 Å². The molecule has 0 bridgehead atoms. The highest BCUT2D eigenvalue weighted by atomic mass is 79.9. The van der Waals surface area contributed by atoms with Crippen molar-refractivity contribution in [2.75, 3.05) is 13.2 Å². The van der Waals surface area contributed by atoms with E-state index in [1.54, 1.807) is 48.5 Å². The zero-order chi connectivity index (χ0) is 34.0. The van der Waals surface area contributed by atoms with Gasteiger partial charge >= 0.3 is 17.9 Å². The van der Waals surface area contributed by atoms with Gasteiger partial charge in [-0.1, -0.05) is 134 Å². The van der Waals surface area contributed by atoms with Gasteiger partial charge in [0.15, 0.2) is 24.8 Å². The maximum Gasteiger partial charge on any atom is 0.346 e. The van der Waals surface area contributed by atoms with Gasteiger partial charge in [0.1, 0.15) is 11.7 Å². The van der Waals surface area contributed by atoms with Crippen LogP contribution in [-0.4, -0.2) is 48.8 Å². The summed E-state index contributed by atoms with van der Waals surface area (Å²) in [6.45, 7) is 1.21. The fourth-order valence-electron chi connectivity index (χ4n) is 5.37. The van der Waals surface area contributed by atoms with Crippen LogP contribution in [0.25, 0.3) is 0 Å². The zero-order valence-electron chi connectivity index (χ0n) is 27.0. The fraction of sp³-hybridized carbons (Fsp3) is 0.486. The molecule has 3 rings (SSSR count). The molecule has 1 aliphatic heterocycles. The maximum atomic E-state index is 13.1. The van der Waals surface area contributed by atoms with Crippen LogP contribution in [-0.2, 0) is 28.6 Å². The van der Waals surface area contributed by atoms with Gasteiger partial charge in [0.2, 0.25) is 0 Å². The molecule has 0 saturated heterocycles. The smallest absolute Gasteiger partial charge is 0.346 e. The Morgan fingerprint density at radius 2 is 1.11 bits per heavy atom. The molecule has 0 spiro atoms. The molecule has 1 atom stereocenters. The molecule has 0 unspecified atom stereocenters. The van der Waals surface area contributed by atoms with Crippen LogP contribution in [0.4, 0.5) is 0 Å². The molecule has 0 N–H and O–H groups in total. The van der Waals surface area contributed by atoms with E-state index in [2.05, 4.69) is 38.8 Å². The molecule has 0 aromatic heterocycles. The third-order valence-electron chi connectivity index (χ3n) is 8.05. The number of Topliss-reactive ketones (excluding diaryl/α,β-unsaturated/α-hetero) is 2. The highest BCUT2D eigenvalue weighted by molar-refractivity contribution is 9.10. The predicted molar refractivity (Wildman–Crippen MR) is 186 cm³/mol. The first-order chi connectivity index (χ1) is 22.7. The second-order valence-corrected chi connectivity index (χ2v) is 13.6. The van der Waals surface area contributed by atoms with Gasteiger partial charge in [0.05, 0.1) is 6.42 Å². The predicted octanol–water partition coefficient (Wildman–Crippen LogP) is 9.07. The Labute approximate surface area is 294 Å². The van der Waals surface area contributed by atoms with E-state index in [1.165, 1.54) is 51.4 Å². The quantitative estimate of drug-likeness (QED) is 0.0383. The number of hydrogen-bond donors (Lipinski definition) is 0. The Bertz CT molecular complexity index is 1380. The first kappa shape index (κ1) is 38.3. The molecular formula is C37H44Br2O8. The second-order valence-electron chi connectivity index (χ2n) is 11.7. The van der Waals surface area contributed by atoms with Crippen LogP contribution >= 0.6 is 31.9 Å². The Hall–Kier alpha value is -3.11. The van der Waals surface area contributed by atoms with Crippen molar-refractivity contribution in [3.8, 4) is 0 Å². The Kier molecular flexibility index (Phi) is 17.1. The molecule has 0 saturated carbocycles. The lowest BCUT2D eigenvalue weighted by Gasteiger charge is -2.14. The summed E-state index contributed by atoms with van der Waals surface area (Å²) in [6.07, 6.45) is 12.8. The number of ketones is 2. The van der Waals surface area contributed by atoms with E-state index in [4.69, 9.17) is 14.2 Å². The molecule has 10 heteroatoms. The van der Waals surface area contributed by atoms with E-state index in [0.717, 1.165) is 28.2 Å². The lowest BCUT2D eigenvalue weighted by Crippen LogP contribution is -2.21. The Morgan fingerprint density at radius 1 is 0.660 bits per heavy atom. The molecule has 1 aliphatic rings. The van der Waals surface area contributed by atoms with Crippen molar-refractivity contribution in [3.05, 3.63) is 79.7 Å². The van der Waals surface area contributed by atoms with Gasteiger partial charge in [-0.2, -0.15) is 0 Å². The van der Waals surface area contributed by atoms with Crippen LogP contribution in [0.3, 0.4) is 0 Å². The minimum absolute atomic E-state index is 0.277. The monoisotopic (exact) mass is 774 g/mol. The summed E-state index contributed by atoms with van der Waals surface area (Å²) >= 11 is 6.63. The summed E-state index contributed by atoms with van der Waals surface area (Å²) in [7, 11) is 0. The van der Waals surface area contributed by atoms with E-state index < -0.39 is 43.0 Å². The third kappa shape index (κ3) is 13.5. The van der Waals surface area contributed by atoms with Crippen LogP contribution in [0.2, 0.25) is 0 Å². The molecular weight excluding hydrogens is 732 g/mol. The van der Waals surface area contributed by atoms with Crippen LogP contribution in [0, 0.1) is 0 Å². The van der Waals surface area contributed by atoms with Gasteiger partial charge < -0.3 is 14.2 Å². The minimum Gasteiger partial charge on any atom is -0.457 e. The molecule has 8 nitrogen and oxygen atoms in total. The lowest BCUT2D eigenvalue weighted by molar-refractivity contribution is -0.149. The second kappa shape index (κ2) is 21.0. The van der Waals surface area contributed by atoms with Gasteiger partial charge in [-0.25, -0.2) is 9.59 Å². The fourth-order valence-corrected chi connectivity index (χ4v) is 5.90. The molecule has 1 heterocycles. The highest BCUT2D eigenvalue weighted by Gasteiger charge is 2.40. The third-order valence-corrected chi connectivity index (χ3v) is 9.11. The number of carbonyl (C=O) groups excluding carboxylic acids is 5. The summed E-state index contributed by atoms with van der Waals surface area (Å²) in [5, 5.41) is 0. The van der Waals surface area contributed by atoms with Crippen molar-refractivity contribution in [2.45, 2.75) is 103 Å². The molecule has 2 aromatic rings. The number of unbranched alkanes of at least 4 members (excludes halogenated alkanes) is 11. The first-order valence-electron chi connectivity index (χ1n) is 16.5. The van der Waals surface area contributed by atoms with Gasteiger partial charge in [-0.15, -0.1) is 0 Å². The molecule has 0 amide bonds. The summed E-state index contributed by atoms with van der Waals surface area (Å²) in [5.41, 5.74) is 0.836.